The molecule has 4 amide bonds. The van der Waals surface area contributed by atoms with Crippen LogP contribution in [0.2, 0.25) is 0 Å². The molecule has 17 nitrogen and oxygen atoms in total. The number of nitrogens with one attached hydrogen (secondary N) is 4. The van der Waals surface area contributed by atoms with Crippen LogP contribution in [0, 0.1) is 0 Å². The summed E-state index contributed by atoms with van der Waals surface area (Å²) in [5.74, 6) is 0. The number of hydrogen-bond acceptors (Lipinski definition) is 12. The third-order valence-corrected chi connectivity index (χ3v) is 16.4. The second-order valence-corrected chi connectivity index (χ2v) is 32.8. The molecule has 6 heterocycles. The standard InChI is InChI=1S/C15H25N2O4P.C15H25N2O3PS.C14H23N2O4P/c1-9-10(8-17(2)15(20)16-9)14-13(19)12(18)11(21-14)6-7-22(3,4)5;1-9-10(8-17(2)15(22)16-9)14-13(19)12(18)11(20-14)6-7-21(3,4)5;1-8-9(7-15-14(19)16-8)13-12(18)11(17)10(20-13)5-6-21(2,3)4/h8,11-14,18-19H,1,3,6-7H2,2,4-5H3,(H,16,20);8,11-14,18-19H,1,3,6-7H2,2,4-5H3,(H,16,22);7,10-13,17-18H,1-2,5-6H2,3-4H3,(H2,15,16,19)/t2*11-,12-,13-,14+;10-,11-,12-,13+/m111/s1. The number of carbonyl (C=O) groups excluding carboxylic acids is 2. The molecule has 0 aromatic heterocycles. The SMILES string of the molecule is C=C1NC(=O)N(C)C=C1[C@@H]1O[C@H](CCP(=C)(C)C)[C@@H](O)[C@H]1O.C=C1NC(=O)NC=C1[C@@H]1O[C@H](CCP(=C)(C)C)[C@@H](O)[C@H]1O.C=C1NC(=S)N(C)C=C1[C@@H]1O[C@H](CCP(=C)(C)C)[C@@H](O)[C@H]1O. The summed E-state index contributed by atoms with van der Waals surface area (Å²) in [5, 5.41) is 72.6. The first-order valence-corrected chi connectivity index (χ1v) is 30.9. The number of rotatable bonds is 12. The van der Waals surface area contributed by atoms with Gasteiger partial charge in [-0.15, -0.1) is 39.6 Å². The van der Waals surface area contributed by atoms with Crippen molar-refractivity contribution >= 4 is 68.9 Å². The summed E-state index contributed by atoms with van der Waals surface area (Å²) in [5.41, 5.74) is 3.22. The summed E-state index contributed by atoms with van der Waals surface area (Å²) in [6.07, 6.45) is 12.9. The van der Waals surface area contributed by atoms with Crippen molar-refractivity contribution < 1.29 is 54.4 Å². The first-order valence-electron chi connectivity index (χ1n) is 21.3. The van der Waals surface area contributed by atoms with Gasteiger partial charge in [-0.05, 0) is 90.0 Å². The fraction of sp³-hybridized carbons (Fsp3) is 0.591. The molecule has 65 heavy (non-hydrogen) atoms. The van der Waals surface area contributed by atoms with Gasteiger partial charge in [0.05, 0.1) is 18.3 Å². The van der Waals surface area contributed by atoms with Crippen molar-refractivity contribution in [2.45, 2.75) is 92.5 Å². The van der Waals surface area contributed by atoms with E-state index in [0.717, 1.165) is 18.5 Å². The Morgan fingerprint density at radius 1 is 0.569 bits per heavy atom. The Morgan fingerprint density at radius 2 is 0.908 bits per heavy atom. The van der Waals surface area contributed by atoms with E-state index in [9.17, 15) is 40.2 Å². The van der Waals surface area contributed by atoms with Crippen LogP contribution in [0.5, 0.6) is 0 Å². The number of ether oxygens (including phenoxy) is 3. The number of amides is 4. The number of aliphatic hydroxyl groups is 6. The van der Waals surface area contributed by atoms with Crippen molar-refractivity contribution in [3.63, 3.8) is 0 Å². The van der Waals surface area contributed by atoms with E-state index in [1.165, 1.54) is 11.1 Å². The van der Waals surface area contributed by atoms with E-state index in [0.29, 0.717) is 58.2 Å². The zero-order valence-corrected chi connectivity index (χ0v) is 42.5. The Labute approximate surface area is 390 Å². The maximum Gasteiger partial charge on any atom is 0.325 e. The minimum atomic E-state index is -1.22. The fourth-order valence-corrected chi connectivity index (χ4v) is 10.7. The highest BCUT2D eigenvalue weighted by Crippen LogP contribution is 2.42. The van der Waals surface area contributed by atoms with Gasteiger partial charge in [-0.25, -0.2) is 9.59 Å². The van der Waals surface area contributed by atoms with Crippen molar-refractivity contribution in [1.29, 1.82) is 0 Å². The van der Waals surface area contributed by atoms with Crippen LogP contribution in [-0.2, 0) is 14.2 Å². The number of hydrogen-bond donors (Lipinski definition) is 10. The second-order valence-electron chi connectivity index (χ2n) is 19.5. The van der Waals surface area contributed by atoms with Crippen molar-refractivity contribution in [2.75, 3.05) is 72.6 Å². The van der Waals surface area contributed by atoms with E-state index in [1.807, 2.05) is 7.05 Å². The lowest BCUT2D eigenvalue weighted by molar-refractivity contribution is 0.0187. The second kappa shape index (κ2) is 22.1. The van der Waals surface area contributed by atoms with Gasteiger partial charge in [-0.2, -0.15) is 0 Å². The van der Waals surface area contributed by atoms with E-state index >= 15 is 0 Å². The molecule has 3 saturated heterocycles. The Hall–Kier alpha value is -2.79. The van der Waals surface area contributed by atoms with Crippen molar-refractivity contribution in [1.82, 2.24) is 31.1 Å². The number of nitrogens with zero attached hydrogens (tertiary/aromatic N) is 2. The number of carbonyl (C=O) groups is 2. The topological polar surface area (TPSA) is 238 Å². The lowest BCUT2D eigenvalue weighted by Gasteiger charge is -2.30. The van der Waals surface area contributed by atoms with Gasteiger partial charge in [0.25, 0.3) is 0 Å². The minimum absolute atomic E-state index is 0.290. The number of aliphatic hydroxyl groups excluding tert-OH is 6. The van der Waals surface area contributed by atoms with Gasteiger partial charge in [-0.3, -0.25) is 0 Å². The molecule has 0 aromatic rings. The van der Waals surface area contributed by atoms with Crippen LogP contribution < -0.4 is 21.3 Å². The molecular formula is C44H73N6O11P3S. The normalized spacial score (nSPS) is 33.1. The van der Waals surface area contributed by atoms with Crippen molar-refractivity contribution in [2.24, 2.45) is 0 Å². The average molecular weight is 987 g/mol. The summed E-state index contributed by atoms with van der Waals surface area (Å²) < 4.78 is 17.6. The highest BCUT2D eigenvalue weighted by atomic mass is 32.1. The smallest absolute Gasteiger partial charge is 0.325 e. The van der Waals surface area contributed by atoms with Crippen LogP contribution in [0.1, 0.15) is 19.3 Å². The highest BCUT2D eigenvalue weighted by Gasteiger charge is 2.48. The summed E-state index contributed by atoms with van der Waals surface area (Å²) in [6, 6.07) is -0.668. The van der Waals surface area contributed by atoms with Gasteiger partial charge >= 0.3 is 12.1 Å². The molecule has 0 unspecified atom stereocenters. The van der Waals surface area contributed by atoms with Gasteiger partial charge in [0.1, 0.15) is 54.9 Å². The highest BCUT2D eigenvalue weighted by molar-refractivity contribution is 7.80. The van der Waals surface area contributed by atoms with Crippen LogP contribution >= 0.6 is 32.9 Å². The van der Waals surface area contributed by atoms with Gasteiger partial charge in [-0.1, -0.05) is 19.7 Å². The van der Waals surface area contributed by atoms with E-state index in [4.69, 9.17) is 26.4 Å². The predicted molar refractivity (Wildman–Crippen MR) is 271 cm³/mol. The van der Waals surface area contributed by atoms with Gasteiger partial charge < -0.3 is 75.9 Å². The van der Waals surface area contributed by atoms with Gasteiger partial charge in [0.2, 0.25) is 0 Å². The minimum Gasteiger partial charge on any atom is -0.388 e. The monoisotopic (exact) mass is 986 g/mol. The molecule has 3 fully saturated rings. The molecule has 0 saturated carbocycles. The van der Waals surface area contributed by atoms with Crippen LogP contribution in [0.3, 0.4) is 0 Å². The fourth-order valence-electron chi connectivity index (χ4n) is 7.65. The Bertz CT molecular complexity index is 2000. The predicted octanol–water partition coefficient (Wildman–Crippen LogP) is 1.71. The Kier molecular flexibility index (Phi) is 18.6. The molecule has 0 aliphatic carbocycles. The largest absolute Gasteiger partial charge is 0.388 e. The maximum absolute atomic E-state index is 11.5. The molecule has 12 atom stereocenters. The third kappa shape index (κ3) is 14.9. The van der Waals surface area contributed by atoms with Crippen molar-refractivity contribution in [3.05, 3.63) is 72.1 Å². The van der Waals surface area contributed by atoms with Crippen molar-refractivity contribution in [3.8, 4) is 0 Å². The zero-order valence-electron chi connectivity index (χ0n) is 39.0. The quantitative estimate of drug-likeness (QED) is 0.0991. The molecule has 0 aromatic carbocycles. The Balaban J connectivity index is 0.000000213. The summed E-state index contributed by atoms with van der Waals surface area (Å²) in [6.45, 7) is 20.6. The molecule has 21 heteroatoms. The number of urea groups is 2. The lowest BCUT2D eigenvalue weighted by atomic mass is 9.99. The van der Waals surface area contributed by atoms with E-state index in [-0.39, 0.29) is 18.2 Å². The van der Waals surface area contributed by atoms with Crippen LogP contribution in [0.25, 0.3) is 0 Å². The van der Waals surface area contributed by atoms with Crippen LogP contribution in [0.15, 0.2) is 72.1 Å². The van der Waals surface area contributed by atoms with Gasteiger partial charge in [0.15, 0.2) is 5.11 Å². The molecular weight excluding hydrogens is 914 g/mol. The van der Waals surface area contributed by atoms with E-state index < -0.39 is 87.8 Å². The number of thiocarbonyl (C=S) groups is 1. The third-order valence-electron chi connectivity index (χ3n) is 11.6. The molecule has 0 spiro atoms. The Morgan fingerprint density at radius 3 is 1.28 bits per heavy atom. The molecule has 6 aliphatic rings. The maximum atomic E-state index is 11.5. The van der Waals surface area contributed by atoms with E-state index in [1.54, 1.807) is 24.3 Å². The van der Waals surface area contributed by atoms with E-state index in [2.05, 4.69) is 99.9 Å². The zero-order chi connectivity index (χ0) is 49.1. The molecule has 0 bridgehead atoms. The summed E-state index contributed by atoms with van der Waals surface area (Å²) in [7, 11) is 3.42. The summed E-state index contributed by atoms with van der Waals surface area (Å²) >= 11 is 5.14. The molecule has 6 aliphatic heterocycles. The molecule has 0 radical (unpaired) electrons. The first kappa shape index (κ1) is 54.8. The lowest BCUT2D eigenvalue weighted by Crippen LogP contribution is -2.42. The van der Waals surface area contributed by atoms with Crippen LogP contribution in [-0.4, -0.2) is 222 Å². The first-order chi connectivity index (χ1) is 29.9. The molecule has 366 valence electrons. The molecule has 10 N–H and O–H groups in total. The molecule has 6 rings (SSSR count). The average Bonchev–Trinajstić information content (AvgIpc) is 3.75. The summed E-state index contributed by atoms with van der Waals surface area (Å²) in [4.78, 5) is 25.8. The van der Waals surface area contributed by atoms with Gasteiger partial charge in [0, 0.05) is 66.5 Å². The van der Waals surface area contributed by atoms with Crippen LogP contribution in [0.4, 0.5) is 9.59 Å².